The SMILES string of the molecule is CC1=C(I)N=C(C2CC2)C1. The Kier molecular flexibility index (Phi) is 1.59. The van der Waals surface area contributed by atoms with Gasteiger partial charge in [-0.05, 0) is 53.8 Å². The Morgan fingerprint density at radius 2 is 2.20 bits per heavy atom. The zero-order chi connectivity index (χ0) is 7.14. The van der Waals surface area contributed by atoms with Crippen LogP contribution in [0, 0.1) is 5.92 Å². The minimum absolute atomic E-state index is 0.863. The quantitative estimate of drug-likeness (QED) is 0.499. The summed E-state index contributed by atoms with van der Waals surface area (Å²) in [6.45, 7) is 2.18. The van der Waals surface area contributed by atoms with Gasteiger partial charge in [0, 0.05) is 12.1 Å². The molecule has 2 heteroatoms. The lowest BCUT2D eigenvalue weighted by Gasteiger charge is -1.92. The average molecular weight is 247 g/mol. The first kappa shape index (κ1) is 6.83. The van der Waals surface area contributed by atoms with Gasteiger partial charge in [0.1, 0.15) is 3.70 Å². The standard InChI is InChI=1S/C8H10IN/c1-5-4-7(6-2-3-6)10-8(5)9/h6H,2-4H2,1H3. The molecule has 1 nitrogen and oxygen atoms in total. The van der Waals surface area contributed by atoms with E-state index in [1.165, 1.54) is 27.8 Å². The Morgan fingerprint density at radius 3 is 2.60 bits per heavy atom. The number of hydrogen-bond acceptors (Lipinski definition) is 1. The van der Waals surface area contributed by atoms with Crippen molar-refractivity contribution in [1.29, 1.82) is 0 Å². The predicted molar refractivity (Wildman–Crippen MR) is 51.5 cm³/mol. The smallest absolute Gasteiger partial charge is 0.100 e. The second-order valence-electron chi connectivity index (χ2n) is 3.13. The van der Waals surface area contributed by atoms with E-state index in [9.17, 15) is 0 Å². The molecule has 10 heavy (non-hydrogen) atoms. The first-order chi connectivity index (χ1) is 4.77. The fourth-order valence-corrected chi connectivity index (χ4v) is 1.76. The van der Waals surface area contributed by atoms with Crippen LogP contribution >= 0.6 is 22.6 Å². The van der Waals surface area contributed by atoms with E-state index >= 15 is 0 Å². The zero-order valence-electron chi connectivity index (χ0n) is 6.02. The summed E-state index contributed by atoms with van der Waals surface area (Å²) >= 11 is 2.33. The molecule has 2 rings (SSSR count). The van der Waals surface area contributed by atoms with Crippen molar-refractivity contribution in [3.05, 3.63) is 9.28 Å². The van der Waals surface area contributed by atoms with Gasteiger partial charge in [-0.3, -0.25) is 4.99 Å². The third kappa shape index (κ3) is 1.13. The van der Waals surface area contributed by atoms with Gasteiger partial charge in [-0.25, -0.2) is 0 Å². The molecule has 54 valence electrons. The number of halogens is 1. The molecule has 0 N–H and O–H groups in total. The number of rotatable bonds is 1. The van der Waals surface area contributed by atoms with Gasteiger partial charge in [0.05, 0.1) is 0 Å². The lowest BCUT2D eigenvalue weighted by molar-refractivity contribution is 1.13. The predicted octanol–water partition coefficient (Wildman–Crippen LogP) is 2.91. The highest BCUT2D eigenvalue weighted by molar-refractivity contribution is 14.1. The summed E-state index contributed by atoms with van der Waals surface area (Å²) < 4.78 is 1.24. The molecule has 0 aromatic carbocycles. The van der Waals surface area contributed by atoms with Gasteiger partial charge in [0.25, 0.3) is 0 Å². The summed E-state index contributed by atoms with van der Waals surface area (Å²) in [6.07, 6.45) is 3.93. The average Bonchev–Trinajstić information content (AvgIpc) is 2.64. The van der Waals surface area contributed by atoms with Crippen molar-refractivity contribution in [1.82, 2.24) is 0 Å². The number of nitrogens with zero attached hydrogens (tertiary/aromatic N) is 1. The minimum atomic E-state index is 0.863. The lowest BCUT2D eigenvalue weighted by atomic mass is 10.1. The highest BCUT2D eigenvalue weighted by atomic mass is 127. The van der Waals surface area contributed by atoms with Crippen molar-refractivity contribution in [3.63, 3.8) is 0 Å². The summed E-state index contributed by atoms with van der Waals surface area (Å²) in [4.78, 5) is 4.51. The lowest BCUT2D eigenvalue weighted by Crippen LogP contribution is -1.95. The molecule has 1 heterocycles. The number of allylic oxidation sites excluding steroid dienone is 1. The molecule has 1 saturated carbocycles. The topological polar surface area (TPSA) is 12.4 Å². The van der Waals surface area contributed by atoms with E-state index in [0.29, 0.717) is 0 Å². The fourth-order valence-electron chi connectivity index (χ4n) is 1.26. The molecule has 0 aromatic rings. The van der Waals surface area contributed by atoms with Crippen LogP contribution in [-0.4, -0.2) is 5.71 Å². The van der Waals surface area contributed by atoms with Crippen LogP contribution in [0.3, 0.4) is 0 Å². The molecule has 0 saturated heterocycles. The van der Waals surface area contributed by atoms with Crippen LogP contribution in [0.25, 0.3) is 0 Å². The largest absolute Gasteiger partial charge is 0.251 e. The highest BCUT2D eigenvalue weighted by Crippen LogP contribution is 2.37. The van der Waals surface area contributed by atoms with Gasteiger partial charge >= 0.3 is 0 Å². The summed E-state index contributed by atoms with van der Waals surface area (Å²) in [5.41, 5.74) is 2.91. The van der Waals surface area contributed by atoms with Gasteiger partial charge in [-0.2, -0.15) is 0 Å². The van der Waals surface area contributed by atoms with Crippen molar-refractivity contribution >= 4 is 28.3 Å². The molecular weight excluding hydrogens is 237 g/mol. The van der Waals surface area contributed by atoms with Crippen LogP contribution in [0.2, 0.25) is 0 Å². The number of aliphatic imine (C=N–C) groups is 1. The van der Waals surface area contributed by atoms with Gasteiger partial charge in [0.2, 0.25) is 0 Å². The molecule has 0 aromatic heterocycles. The van der Waals surface area contributed by atoms with E-state index in [0.717, 1.165) is 12.3 Å². The van der Waals surface area contributed by atoms with Crippen LogP contribution in [0.1, 0.15) is 26.2 Å². The zero-order valence-corrected chi connectivity index (χ0v) is 8.18. The molecule has 1 fully saturated rings. The Labute approximate surface area is 74.7 Å². The summed E-state index contributed by atoms with van der Waals surface area (Å²) in [5.74, 6) is 0.863. The highest BCUT2D eigenvalue weighted by Gasteiger charge is 2.29. The van der Waals surface area contributed by atoms with Crippen molar-refractivity contribution in [2.45, 2.75) is 26.2 Å². The third-order valence-corrected chi connectivity index (χ3v) is 3.25. The normalized spacial score (nSPS) is 25.6. The molecule has 0 spiro atoms. The number of hydrogen-bond donors (Lipinski definition) is 0. The van der Waals surface area contributed by atoms with Crippen LogP contribution in [0.4, 0.5) is 0 Å². The van der Waals surface area contributed by atoms with E-state index in [1.54, 1.807) is 0 Å². The summed E-state index contributed by atoms with van der Waals surface area (Å²) in [7, 11) is 0. The van der Waals surface area contributed by atoms with E-state index in [1.807, 2.05) is 0 Å². The molecular formula is C8H10IN. The fraction of sp³-hybridized carbons (Fsp3) is 0.625. The maximum Gasteiger partial charge on any atom is 0.100 e. The van der Waals surface area contributed by atoms with Gasteiger partial charge in [-0.15, -0.1) is 0 Å². The first-order valence-corrected chi connectivity index (χ1v) is 4.78. The van der Waals surface area contributed by atoms with Gasteiger partial charge < -0.3 is 0 Å². The van der Waals surface area contributed by atoms with E-state index in [2.05, 4.69) is 34.5 Å². The Hall–Kier alpha value is 0.140. The Morgan fingerprint density at radius 1 is 1.50 bits per heavy atom. The van der Waals surface area contributed by atoms with E-state index < -0.39 is 0 Å². The van der Waals surface area contributed by atoms with Crippen molar-refractivity contribution < 1.29 is 0 Å². The van der Waals surface area contributed by atoms with Crippen LogP contribution in [0.5, 0.6) is 0 Å². The molecule has 1 aliphatic heterocycles. The molecule has 0 radical (unpaired) electrons. The van der Waals surface area contributed by atoms with E-state index in [4.69, 9.17) is 0 Å². The first-order valence-electron chi connectivity index (χ1n) is 3.70. The van der Waals surface area contributed by atoms with Gasteiger partial charge in [-0.1, -0.05) is 0 Å². The minimum Gasteiger partial charge on any atom is -0.251 e. The molecule has 0 unspecified atom stereocenters. The monoisotopic (exact) mass is 247 g/mol. The van der Waals surface area contributed by atoms with E-state index in [-0.39, 0.29) is 0 Å². The Bertz CT molecular complexity index is 223. The summed E-state index contributed by atoms with van der Waals surface area (Å²) in [5, 5.41) is 0. The molecule has 1 aliphatic carbocycles. The maximum atomic E-state index is 4.51. The molecule has 0 atom stereocenters. The van der Waals surface area contributed by atoms with Crippen LogP contribution < -0.4 is 0 Å². The molecule has 2 aliphatic rings. The molecule has 0 bridgehead atoms. The van der Waals surface area contributed by atoms with Crippen molar-refractivity contribution in [3.8, 4) is 0 Å². The molecule has 0 amide bonds. The second kappa shape index (κ2) is 2.32. The van der Waals surface area contributed by atoms with Gasteiger partial charge in [0.15, 0.2) is 0 Å². The van der Waals surface area contributed by atoms with Crippen molar-refractivity contribution in [2.24, 2.45) is 10.9 Å². The van der Waals surface area contributed by atoms with Crippen LogP contribution in [-0.2, 0) is 0 Å². The summed E-state index contributed by atoms with van der Waals surface area (Å²) in [6, 6.07) is 0. The van der Waals surface area contributed by atoms with Crippen LogP contribution in [0.15, 0.2) is 14.3 Å². The second-order valence-corrected chi connectivity index (χ2v) is 4.15. The maximum absolute atomic E-state index is 4.51. The Balaban J connectivity index is 2.12. The van der Waals surface area contributed by atoms with Crippen molar-refractivity contribution in [2.75, 3.05) is 0 Å². The third-order valence-electron chi connectivity index (χ3n) is 2.09.